The molecule has 4 heteroatoms. The van der Waals surface area contributed by atoms with Gasteiger partial charge in [-0.15, -0.1) is 0 Å². The Labute approximate surface area is 297 Å². The molecule has 3 heterocycles. The van der Waals surface area contributed by atoms with E-state index < -0.39 is 5.41 Å². The summed E-state index contributed by atoms with van der Waals surface area (Å²) < 4.78 is 6.53. The number of ether oxygens (including phenoxy) is 1. The van der Waals surface area contributed by atoms with Gasteiger partial charge in [0.1, 0.15) is 11.5 Å². The number of aryl methyl sites for hydroxylation is 2. The van der Waals surface area contributed by atoms with Crippen molar-refractivity contribution in [2.45, 2.75) is 25.7 Å². The molecule has 10 rings (SSSR count). The number of hydrogen-bond acceptors (Lipinski definition) is 4. The van der Waals surface area contributed by atoms with E-state index in [0.717, 1.165) is 74.3 Å². The van der Waals surface area contributed by atoms with Crippen molar-refractivity contribution in [1.29, 1.82) is 0 Å². The van der Waals surface area contributed by atoms with Crippen molar-refractivity contribution in [2.24, 2.45) is 0 Å². The van der Waals surface area contributed by atoms with Crippen molar-refractivity contribution in [2.75, 3.05) is 0 Å². The number of nitrogens with zero attached hydrogens (tertiary/aromatic N) is 3. The number of hydrogen-bond donors (Lipinski definition) is 0. The van der Waals surface area contributed by atoms with E-state index in [0.29, 0.717) is 0 Å². The number of pyridine rings is 1. The van der Waals surface area contributed by atoms with E-state index in [9.17, 15) is 0 Å². The molecule has 0 atom stereocenters. The van der Waals surface area contributed by atoms with E-state index in [1.54, 1.807) is 0 Å². The average molecular weight is 656 g/mol. The van der Waals surface area contributed by atoms with Crippen molar-refractivity contribution in [3.8, 4) is 56.4 Å². The van der Waals surface area contributed by atoms with Crippen LogP contribution in [0.4, 0.5) is 0 Å². The first kappa shape index (κ1) is 29.5. The Morgan fingerprint density at radius 1 is 0.549 bits per heavy atom. The van der Waals surface area contributed by atoms with Gasteiger partial charge in [0.25, 0.3) is 0 Å². The van der Waals surface area contributed by atoms with Crippen LogP contribution in [0.1, 0.15) is 44.9 Å². The molecule has 7 aromatic rings. The molecular weight excluding hydrogens is 623 g/mol. The van der Waals surface area contributed by atoms with Crippen molar-refractivity contribution < 1.29 is 4.74 Å². The minimum Gasteiger partial charge on any atom is -0.457 e. The molecule has 5 aromatic carbocycles. The molecule has 2 aliphatic carbocycles. The highest BCUT2D eigenvalue weighted by Crippen LogP contribution is 2.62. The molecular formula is C47H33N3O. The molecule has 51 heavy (non-hydrogen) atoms. The van der Waals surface area contributed by atoms with E-state index in [1.165, 1.54) is 33.4 Å². The minimum atomic E-state index is -0.495. The van der Waals surface area contributed by atoms with Crippen molar-refractivity contribution in [1.82, 2.24) is 15.0 Å². The van der Waals surface area contributed by atoms with Crippen LogP contribution in [0.5, 0.6) is 11.5 Å². The molecule has 0 amide bonds. The summed E-state index contributed by atoms with van der Waals surface area (Å²) in [5.74, 6) is 2.52. The summed E-state index contributed by atoms with van der Waals surface area (Å²) in [5.41, 5.74) is 16.2. The first-order valence-corrected chi connectivity index (χ1v) is 17.5. The van der Waals surface area contributed by atoms with Gasteiger partial charge in [-0.1, -0.05) is 121 Å². The molecule has 1 aliphatic heterocycles. The Bertz CT molecular complexity index is 2570. The van der Waals surface area contributed by atoms with Gasteiger partial charge in [0.05, 0.1) is 16.8 Å². The molecule has 0 bridgehead atoms. The fraction of sp³-hybridized carbons (Fsp3) is 0.0851. The van der Waals surface area contributed by atoms with Crippen LogP contribution in [0.2, 0.25) is 0 Å². The van der Waals surface area contributed by atoms with E-state index in [-0.39, 0.29) is 0 Å². The SMILES string of the molecule is Cc1ccc(-c2nc(-c3ccc(-c4ccc5c(c4)C4(c6ccccc6Oc6ccccc64)c4ccccc4-5)cc3)nc3c2C=CC=CC3)c(C)n1. The molecule has 0 saturated heterocycles. The Hall–Kier alpha value is -6.39. The van der Waals surface area contributed by atoms with Crippen LogP contribution in [0.3, 0.4) is 0 Å². The zero-order chi connectivity index (χ0) is 34.1. The van der Waals surface area contributed by atoms with E-state index in [2.05, 4.69) is 159 Å². The highest BCUT2D eigenvalue weighted by atomic mass is 16.5. The zero-order valence-electron chi connectivity index (χ0n) is 28.4. The lowest BCUT2D eigenvalue weighted by Gasteiger charge is -2.39. The maximum absolute atomic E-state index is 6.53. The molecule has 0 saturated carbocycles. The summed E-state index contributed by atoms with van der Waals surface area (Å²) >= 11 is 0. The van der Waals surface area contributed by atoms with Crippen LogP contribution < -0.4 is 4.74 Å². The lowest BCUT2D eigenvalue weighted by molar-refractivity contribution is 0.436. The molecule has 0 unspecified atom stereocenters. The topological polar surface area (TPSA) is 47.9 Å². The van der Waals surface area contributed by atoms with Gasteiger partial charge >= 0.3 is 0 Å². The molecule has 0 radical (unpaired) electrons. The summed E-state index contributed by atoms with van der Waals surface area (Å²) in [4.78, 5) is 15.0. The first-order chi connectivity index (χ1) is 25.1. The first-order valence-electron chi connectivity index (χ1n) is 17.5. The van der Waals surface area contributed by atoms with Gasteiger partial charge in [-0.05, 0) is 77.6 Å². The lowest BCUT2D eigenvalue weighted by atomic mass is 9.66. The fourth-order valence-electron chi connectivity index (χ4n) is 8.37. The maximum atomic E-state index is 6.53. The van der Waals surface area contributed by atoms with Gasteiger partial charge in [0, 0.05) is 45.6 Å². The minimum absolute atomic E-state index is 0.495. The molecule has 1 spiro atoms. The summed E-state index contributed by atoms with van der Waals surface area (Å²) in [5, 5.41) is 0. The fourth-order valence-corrected chi connectivity index (χ4v) is 8.37. The highest BCUT2D eigenvalue weighted by molar-refractivity contribution is 5.90. The monoisotopic (exact) mass is 655 g/mol. The highest BCUT2D eigenvalue weighted by Gasteiger charge is 2.51. The third-order valence-electron chi connectivity index (χ3n) is 10.6. The normalized spacial score (nSPS) is 14.2. The standard InChI is InChI=1S/C47H33N3O/c1-29-20-26-34(30(2)48-29)45-37-13-4-3-5-17-42(37)49-46(50-45)32-23-21-31(22-24-32)33-25-27-36-35-12-6-7-14-38(35)47(41(36)28-33)39-15-8-10-18-43(39)51-44-19-11-9-16-40(44)47/h3-16,18-28H,17H2,1-2H3. The largest absolute Gasteiger partial charge is 0.457 e. The summed E-state index contributed by atoms with van der Waals surface area (Å²) in [7, 11) is 0. The van der Waals surface area contributed by atoms with Gasteiger partial charge in [0.15, 0.2) is 5.82 Å². The number of fused-ring (bicyclic) bond motifs is 10. The van der Waals surface area contributed by atoms with E-state index >= 15 is 0 Å². The molecule has 3 aliphatic rings. The summed E-state index contributed by atoms with van der Waals surface area (Å²) in [6, 6.07) is 45.7. The van der Waals surface area contributed by atoms with Crippen LogP contribution in [0, 0.1) is 13.8 Å². The van der Waals surface area contributed by atoms with Gasteiger partial charge in [0.2, 0.25) is 0 Å². The molecule has 0 fully saturated rings. The second-order valence-electron chi connectivity index (χ2n) is 13.6. The third kappa shape index (κ3) is 4.43. The number of rotatable bonds is 3. The van der Waals surface area contributed by atoms with Crippen LogP contribution in [0.15, 0.2) is 146 Å². The van der Waals surface area contributed by atoms with E-state index in [1.807, 2.05) is 6.92 Å². The zero-order valence-corrected chi connectivity index (χ0v) is 28.4. The Morgan fingerprint density at radius 3 is 1.96 bits per heavy atom. The van der Waals surface area contributed by atoms with E-state index in [4.69, 9.17) is 19.7 Å². The van der Waals surface area contributed by atoms with Gasteiger partial charge in [-0.2, -0.15) is 0 Å². The van der Waals surface area contributed by atoms with Gasteiger partial charge < -0.3 is 4.74 Å². The second kappa shape index (κ2) is 11.3. The predicted octanol–water partition coefficient (Wildman–Crippen LogP) is 11.1. The number of benzene rings is 5. The molecule has 0 N–H and O–H groups in total. The van der Waals surface area contributed by atoms with Crippen LogP contribution in [0.25, 0.3) is 51.0 Å². The Balaban J connectivity index is 1.11. The van der Waals surface area contributed by atoms with Crippen molar-refractivity contribution in [3.05, 3.63) is 191 Å². The lowest BCUT2D eigenvalue weighted by Crippen LogP contribution is -2.32. The number of aromatic nitrogens is 3. The number of allylic oxidation sites excluding steroid dienone is 3. The third-order valence-corrected chi connectivity index (χ3v) is 10.6. The van der Waals surface area contributed by atoms with Crippen molar-refractivity contribution >= 4 is 6.08 Å². The molecule has 2 aromatic heterocycles. The Morgan fingerprint density at radius 2 is 1.20 bits per heavy atom. The van der Waals surface area contributed by atoms with Crippen LogP contribution in [-0.2, 0) is 11.8 Å². The molecule has 4 nitrogen and oxygen atoms in total. The average Bonchev–Trinajstić information content (AvgIpc) is 3.26. The summed E-state index contributed by atoms with van der Waals surface area (Å²) in [6.45, 7) is 4.08. The van der Waals surface area contributed by atoms with Gasteiger partial charge in [-0.3, -0.25) is 4.98 Å². The Kier molecular flexibility index (Phi) is 6.56. The van der Waals surface area contributed by atoms with Gasteiger partial charge in [-0.25, -0.2) is 9.97 Å². The molecule has 242 valence electrons. The van der Waals surface area contributed by atoms with Crippen LogP contribution >= 0.6 is 0 Å². The second-order valence-corrected chi connectivity index (χ2v) is 13.6. The maximum Gasteiger partial charge on any atom is 0.160 e. The predicted molar refractivity (Wildman–Crippen MR) is 205 cm³/mol. The van der Waals surface area contributed by atoms with Crippen molar-refractivity contribution in [3.63, 3.8) is 0 Å². The summed E-state index contributed by atoms with van der Waals surface area (Å²) in [6.07, 6.45) is 9.17. The number of para-hydroxylation sites is 2. The quantitative estimate of drug-likeness (QED) is 0.190. The smallest absolute Gasteiger partial charge is 0.160 e. The van der Waals surface area contributed by atoms with Crippen LogP contribution in [-0.4, -0.2) is 15.0 Å².